The molecule has 142 valence electrons. The summed E-state index contributed by atoms with van der Waals surface area (Å²) in [6.07, 6.45) is 9.88. The quantitative estimate of drug-likeness (QED) is 0.787. The van der Waals surface area contributed by atoms with E-state index in [1.165, 1.54) is 44.9 Å². The Morgan fingerprint density at radius 3 is 2.65 bits per heavy atom. The van der Waals surface area contributed by atoms with Crippen LogP contribution in [-0.4, -0.2) is 47.5 Å². The highest BCUT2D eigenvalue weighted by Gasteiger charge is 2.14. The number of hydrogen-bond acceptors (Lipinski definition) is 6. The summed E-state index contributed by atoms with van der Waals surface area (Å²) in [5.41, 5.74) is 0.887. The summed E-state index contributed by atoms with van der Waals surface area (Å²) in [6.45, 7) is 0.448. The van der Waals surface area contributed by atoms with Gasteiger partial charge in [-0.2, -0.15) is 0 Å². The van der Waals surface area contributed by atoms with E-state index in [1.807, 2.05) is 18.2 Å². The van der Waals surface area contributed by atoms with Crippen molar-refractivity contribution in [2.45, 2.75) is 57.1 Å². The number of nitrogens with zero attached hydrogens (tertiary/aromatic N) is 2. The monoisotopic (exact) mass is 359 g/mol. The lowest BCUT2D eigenvalue weighted by atomic mass is 9.96. The molecule has 2 aromatic rings. The predicted octanol–water partition coefficient (Wildman–Crippen LogP) is 3.54. The second kappa shape index (κ2) is 9.69. The number of ether oxygens (including phenoxy) is 2. The molecule has 1 atom stereocenters. The highest BCUT2D eigenvalue weighted by molar-refractivity contribution is 5.90. The third kappa shape index (κ3) is 5.29. The maximum Gasteiger partial charge on any atom is 0.137 e. The molecule has 0 aliphatic heterocycles. The lowest BCUT2D eigenvalue weighted by molar-refractivity contribution is 0.0326. The van der Waals surface area contributed by atoms with Crippen molar-refractivity contribution < 1.29 is 14.6 Å². The molecule has 1 fully saturated rings. The largest absolute Gasteiger partial charge is 0.491 e. The molecule has 1 aliphatic rings. The molecule has 0 spiro atoms. The van der Waals surface area contributed by atoms with E-state index in [4.69, 9.17) is 9.47 Å². The molecule has 1 aliphatic carbocycles. The summed E-state index contributed by atoms with van der Waals surface area (Å²) >= 11 is 0. The first-order valence-corrected chi connectivity index (χ1v) is 9.57. The van der Waals surface area contributed by atoms with Gasteiger partial charge in [0, 0.05) is 18.5 Å². The number of aliphatic hydroxyl groups is 1. The minimum Gasteiger partial charge on any atom is -0.491 e. The molecule has 26 heavy (non-hydrogen) atoms. The summed E-state index contributed by atoms with van der Waals surface area (Å²) in [4.78, 5) is 8.83. The van der Waals surface area contributed by atoms with Crippen LogP contribution in [0.25, 0.3) is 10.9 Å². The molecule has 3 rings (SSSR count). The van der Waals surface area contributed by atoms with Crippen molar-refractivity contribution >= 4 is 16.7 Å². The van der Waals surface area contributed by atoms with Crippen molar-refractivity contribution in [3.05, 3.63) is 24.5 Å². The van der Waals surface area contributed by atoms with Gasteiger partial charge in [0.25, 0.3) is 0 Å². The van der Waals surface area contributed by atoms with Crippen LogP contribution in [-0.2, 0) is 4.74 Å². The molecule has 1 aromatic carbocycles. The molecule has 0 saturated heterocycles. The van der Waals surface area contributed by atoms with Gasteiger partial charge in [-0.1, -0.05) is 32.1 Å². The number of benzene rings is 1. The van der Waals surface area contributed by atoms with E-state index >= 15 is 0 Å². The normalized spacial score (nSPS) is 17.5. The molecule has 1 unspecified atom stereocenters. The lowest BCUT2D eigenvalue weighted by Gasteiger charge is -2.22. The van der Waals surface area contributed by atoms with E-state index in [0.29, 0.717) is 11.8 Å². The summed E-state index contributed by atoms with van der Waals surface area (Å²) in [7, 11) is 1.56. The van der Waals surface area contributed by atoms with E-state index in [2.05, 4.69) is 15.3 Å². The number of nitrogens with one attached hydrogen (secondary N) is 1. The van der Waals surface area contributed by atoms with Crippen LogP contribution < -0.4 is 10.1 Å². The van der Waals surface area contributed by atoms with E-state index in [-0.39, 0.29) is 13.2 Å². The first kappa shape index (κ1) is 18.9. The van der Waals surface area contributed by atoms with E-state index in [0.717, 1.165) is 16.7 Å². The van der Waals surface area contributed by atoms with Gasteiger partial charge in [0.05, 0.1) is 12.1 Å². The van der Waals surface area contributed by atoms with Gasteiger partial charge in [-0.05, 0) is 31.0 Å². The first-order chi connectivity index (χ1) is 12.8. The average molecular weight is 359 g/mol. The zero-order valence-electron chi connectivity index (χ0n) is 15.5. The fourth-order valence-corrected chi connectivity index (χ4v) is 3.47. The van der Waals surface area contributed by atoms with Crippen LogP contribution >= 0.6 is 0 Å². The van der Waals surface area contributed by atoms with Gasteiger partial charge < -0.3 is 19.9 Å². The van der Waals surface area contributed by atoms with Gasteiger partial charge in [0.1, 0.15) is 30.6 Å². The molecule has 1 aromatic heterocycles. The Balaban J connectivity index is 1.73. The number of aliphatic hydroxyl groups excluding tert-OH is 1. The van der Waals surface area contributed by atoms with Gasteiger partial charge >= 0.3 is 0 Å². The van der Waals surface area contributed by atoms with Crippen LogP contribution in [0.5, 0.6) is 5.75 Å². The van der Waals surface area contributed by atoms with Gasteiger partial charge in [-0.3, -0.25) is 0 Å². The third-order valence-corrected chi connectivity index (χ3v) is 4.85. The third-order valence-electron chi connectivity index (χ3n) is 4.85. The van der Waals surface area contributed by atoms with Crippen LogP contribution in [0.1, 0.15) is 44.9 Å². The SMILES string of the molecule is COCC(O)COc1ccc2ncnc(NC3CCCCCCC3)c2c1. The Hall–Kier alpha value is -1.92. The second-order valence-electron chi connectivity index (χ2n) is 7.01. The fourth-order valence-electron chi connectivity index (χ4n) is 3.47. The fraction of sp³-hybridized carbons (Fsp3) is 0.600. The molecule has 6 nitrogen and oxygen atoms in total. The Morgan fingerprint density at radius 2 is 1.88 bits per heavy atom. The molecule has 1 saturated carbocycles. The Labute approximate surface area is 154 Å². The van der Waals surface area contributed by atoms with Crippen LogP contribution in [0.4, 0.5) is 5.82 Å². The Morgan fingerprint density at radius 1 is 1.12 bits per heavy atom. The number of fused-ring (bicyclic) bond motifs is 1. The Kier molecular flexibility index (Phi) is 7.03. The molecular weight excluding hydrogens is 330 g/mol. The van der Waals surface area contributed by atoms with Crippen molar-refractivity contribution in [3.63, 3.8) is 0 Å². The van der Waals surface area contributed by atoms with Gasteiger partial charge in [0.2, 0.25) is 0 Å². The van der Waals surface area contributed by atoms with Crippen molar-refractivity contribution in [2.75, 3.05) is 25.6 Å². The molecule has 2 N–H and O–H groups in total. The van der Waals surface area contributed by atoms with Crippen LogP contribution in [0.2, 0.25) is 0 Å². The minimum atomic E-state index is -0.643. The minimum absolute atomic E-state index is 0.193. The Bertz CT molecular complexity index is 687. The number of aromatic nitrogens is 2. The zero-order valence-corrected chi connectivity index (χ0v) is 15.5. The molecule has 6 heteroatoms. The molecular formula is C20H29N3O3. The molecule has 0 radical (unpaired) electrons. The van der Waals surface area contributed by atoms with Crippen LogP contribution in [0, 0.1) is 0 Å². The van der Waals surface area contributed by atoms with Gasteiger partial charge in [-0.15, -0.1) is 0 Å². The standard InChI is InChI=1S/C20H29N3O3/c1-25-12-16(24)13-26-17-9-10-19-18(11-17)20(22-14-21-19)23-15-7-5-3-2-4-6-8-15/h9-11,14-16,24H,2-8,12-13H2,1H3,(H,21,22,23). The highest BCUT2D eigenvalue weighted by atomic mass is 16.5. The highest BCUT2D eigenvalue weighted by Crippen LogP contribution is 2.27. The van der Waals surface area contributed by atoms with Gasteiger partial charge in [-0.25, -0.2) is 9.97 Å². The lowest BCUT2D eigenvalue weighted by Crippen LogP contribution is -2.22. The van der Waals surface area contributed by atoms with E-state index in [1.54, 1.807) is 13.4 Å². The second-order valence-corrected chi connectivity index (χ2v) is 7.01. The smallest absolute Gasteiger partial charge is 0.137 e. The van der Waals surface area contributed by atoms with Crippen molar-refractivity contribution in [1.29, 1.82) is 0 Å². The average Bonchev–Trinajstić information content (AvgIpc) is 2.62. The summed E-state index contributed by atoms with van der Waals surface area (Å²) in [5, 5.41) is 14.3. The van der Waals surface area contributed by atoms with Crippen molar-refractivity contribution in [1.82, 2.24) is 9.97 Å². The van der Waals surface area contributed by atoms with Crippen molar-refractivity contribution in [2.24, 2.45) is 0 Å². The maximum atomic E-state index is 9.76. The zero-order chi connectivity index (χ0) is 18.2. The molecule has 0 bridgehead atoms. The summed E-state index contributed by atoms with van der Waals surface area (Å²) in [6, 6.07) is 6.20. The maximum absolute atomic E-state index is 9.76. The number of hydrogen-bond donors (Lipinski definition) is 2. The summed E-state index contributed by atoms with van der Waals surface area (Å²) < 4.78 is 10.6. The molecule has 1 heterocycles. The number of rotatable bonds is 7. The predicted molar refractivity (Wildman–Crippen MR) is 103 cm³/mol. The first-order valence-electron chi connectivity index (χ1n) is 9.57. The van der Waals surface area contributed by atoms with Crippen LogP contribution in [0.15, 0.2) is 24.5 Å². The number of methoxy groups -OCH3 is 1. The topological polar surface area (TPSA) is 76.5 Å². The summed E-state index contributed by atoms with van der Waals surface area (Å²) in [5.74, 6) is 1.56. The van der Waals surface area contributed by atoms with E-state index in [9.17, 15) is 5.11 Å². The number of anilines is 1. The van der Waals surface area contributed by atoms with E-state index < -0.39 is 6.10 Å². The molecule has 0 amide bonds. The van der Waals surface area contributed by atoms with Crippen molar-refractivity contribution in [3.8, 4) is 5.75 Å². The van der Waals surface area contributed by atoms with Gasteiger partial charge in [0.15, 0.2) is 0 Å². The van der Waals surface area contributed by atoms with Crippen LogP contribution in [0.3, 0.4) is 0 Å².